The van der Waals surface area contributed by atoms with Crippen molar-refractivity contribution in [3.05, 3.63) is 52.4 Å². The van der Waals surface area contributed by atoms with Gasteiger partial charge in [-0.2, -0.15) is 0 Å². The van der Waals surface area contributed by atoms with Gasteiger partial charge in [0, 0.05) is 29.7 Å². The Hall–Kier alpha value is -2.15. The second-order valence-electron chi connectivity index (χ2n) is 8.15. The molecule has 27 heavy (non-hydrogen) atoms. The van der Waals surface area contributed by atoms with Crippen molar-refractivity contribution in [2.75, 3.05) is 20.3 Å². The van der Waals surface area contributed by atoms with Gasteiger partial charge in [0.2, 0.25) is 0 Å². The van der Waals surface area contributed by atoms with Crippen molar-refractivity contribution in [1.82, 2.24) is 4.98 Å². The molecule has 0 radical (unpaired) electrons. The van der Waals surface area contributed by atoms with Crippen molar-refractivity contribution in [2.24, 2.45) is 11.3 Å². The van der Waals surface area contributed by atoms with Crippen LogP contribution in [-0.2, 0) is 16.0 Å². The highest BCUT2D eigenvalue weighted by molar-refractivity contribution is 5.86. The van der Waals surface area contributed by atoms with Crippen LogP contribution in [0.5, 0.6) is 0 Å². The molecule has 3 saturated heterocycles. The molecule has 2 N–H and O–H groups in total. The first-order chi connectivity index (χ1) is 13.0. The van der Waals surface area contributed by atoms with E-state index in [1.54, 1.807) is 0 Å². The number of nitrogens with zero attached hydrogens (tertiary/aromatic N) is 1. The van der Waals surface area contributed by atoms with Crippen molar-refractivity contribution in [2.45, 2.75) is 31.8 Å². The zero-order valence-electron chi connectivity index (χ0n) is 15.6. The molecule has 3 fully saturated rings. The second kappa shape index (κ2) is 5.44. The number of hydrogen-bond donors (Lipinski definition) is 2. The van der Waals surface area contributed by atoms with E-state index >= 15 is 0 Å². The van der Waals surface area contributed by atoms with Crippen LogP contribution in [0.25, 0.3) is 10.9 Å². The predicted octanol–water partition coefficient (Wildman–Crippen LogP) is 2.58. The molecule has 0 saturated carbocycles. The molecule has 1 aromatic carbocycles. The lowest BCUT2D eigenvalue weighted by atomic mass is 9.54. The summed E-state index contributed by atoms with van der Waals surface area (Å²) in [6.07, 6.45) is 2.97. The van der Waals surface area contributed by atoms with E-state index in [0.29, 0.717) is 19.4 Å². The summed E-state index contributed by atoms with van der Waals surface area (Å²) >= 11 is 0. The van der Waals surface area contributed by atoms with E-state index in [9.17, 15) is 15.1 Å². The van der Waals surface area contributed by atoms with Crippen molar-refractivity contribution in [3.63, 3.8) is 0 Å². The number of piperidine rings is 3. The zero-order chi connectivity index (χ0) is 19.0. The predicted molar refractivity (Wildman–Crippen MR) is 100 cm³/mol. The highest BCUT2D eigenvalue weighted by Crippen LogP contribution is 2.63. The largest absolute Gasteiger partial charge is 0.632 e. The number of carbonyl (C=O) groups excluding carboxylic acids is 1. The number of aliphatic hydroxyl groups excluding tert-OH is 1. The maximum absolute atomic E-state index is 14.2. The fourth-order valence-corrected chi connectivity index (χ4v) is 6.18. The van der Waals surface area contributed by atoms with Crippen LogP contribution in [0, 0.1) is 16.5 Å². The van der Waals surface area contributed by atoms with E-state index in [4.69, 9.17) is 4.74 Å². The summed E-state index contributed by atoms with van der Waals surface area (Å²) in [4.78, 5) is 16.5. The molecule has 6 rings (SSSR count). The number of benzene rings is 1. The number of allylic oxidation sites excluding steroid dienone is 1. The molecule has 0 aliphatic carbocycles. The average molecular weight is 368 g/mol. The Kier molecular flexibility index (Phi) is 3.42. The normalized spacial score (nSPS) is 38.2. The number of carbonyl (C=O) groups is 1. The molecule has 142 valence electrons. The Morgan fingerprint density at radius 1 is 1.48 bits per heavy atom. The molecule has 5 heterocycles. The Morgan fingerprint density at radius 3 is 2.96 bits per heavy atom. The zero-order valence-corrected chi connectivity index (χ0v) is 15.6. The van der Waals surface area contributed by atoms with E-state index in [-0.39, 0.29) is 18.6 Å². The smallest absolute Gasteiger partial charge is 0.320 e. The third-order valence-electron chi connectivity index (χ3n) is 7.38. The molecule has 5 atom stereocenters. The number of hydrogen-bond acceptors (Lipinski definition) is 4. The molecule has 6 nitrogen and oxygen atoms in total. The number of hydroxylamine groups is 3. The summed E-state index contributed by atoms with van der Waals surface area (Å²) in [7, 11) is 1.35. The SMILES string of the molecule is CC=C1C[N+]2([O-])C3CC1C(CO)(C(=O)OC)C2Cc1c3[nH]c2ccccc12. The number of para-hydroxylation sites is 1. The molecule has 0 spiro atoms. The van der Waals surface area contributed by atoms with Gasteiger partial charge in [-0.15, -0.1) is 0 Å². The van der Waals surface area contributed by atoms with Gasteiger partial charge in [0.15, 0.2) is 0 Å². The number of esters is 1. The summed E-state index contributed by atoms with van der Waals surface area (Å²) in [5.41, 5.74) is 2.95. The number of nitrogens with one attached hydrogen (secondary N) is 1. The van der Waals surface area contributed by atoms with Gasteiger partial charge >= 0.3 is 5.97 Å². The Morgan fingerprint density at radius 2 is 2.26 bits per heavy atom. The summed E-state index contributed by atoms with van der Waals surface area (Å²) in [5.74, 6) is -0.623. The van der Waals surface area contributed by atoms with E-state index in [2.05, 4.69) is 11.1 Å². The van der Waals surface area contributed by atoms with Gasteiger partial charge in [0.05, 0.1) is 19.4 Å². The quantitative estimate of drug-likeness (QED) is 0.369. The van der Waals surface area contributed by atoms with E-state index in [1.165, 1.54) is 7.11 Å². The third-order valence-corrected chi connectivity index (χ3v) is 7.38. The molecule has 4 aliphatic rings. The molecule has 1 aromatic heterocycles. The van der Waals surface area contributed by atoms with Gasteiger partial charge in [-0.25, -0.2) is 0 Å². The van der Waals surface area contributed by atoms with Crippen LogP contribution in [0.4, 0.5) is 0 Å². The third kappa shape index (κ3) is 1.83. The number of quaternary nitrogens is 1. The minimum absolute atomic E-state index is 0.163. The number of rotatable bonds is 2. The number of H-pyrrole nitrogens is 1. The molecule has 6 heteroatoms. The molecule has 5 unspecified atom stereocenters. The number of aliphatic hydroxyl groups is 1. The lowest BCUT2D eigenvalue weighted by Crippen LogP contribution is -2.76. The molecular formula is C21H24N2O4. The van der Waals surface area contributed by atoms with Gasteiger partial charge < -0.3 is 24.7 Å². The topological polar surface area (TPSA) is 85.4 Å². The number of methoxy groups -OCH3 is 1. The van der Waals surface area contributed by atoms with Gasteiger partial charge in [0.25, 0.3) is 0 Å². The maximum atomic E-state index is 14.2. The van der Waals surface area contributed by atoms with Crippen molar-refractivity contribution < 1.29 is 19.3 Å². The minimum atomic E-state index is -1.18. The first kappa shape index (κ1) is 17.0. The minimum Gasteiger partial charge on any atom is -0.632 e. The fourth-order valence-electron chi connectivity index (χ4n) is 6.18. The lowest BCUT2D eigenvalue weighted by molar-refractivity contribution is -0.955. The molecule has 4 aliphatic heterocycles. The summed E-state index contributed by atoms with van der Waals surface area (Å²) in [5, 5.41) is 25.8. The van der Waals surface area contributed by atoms with Crippen molar-refractivity contribution in [1.29, 1.82) is 0 Å². The van der Waals surface area contributed by atoms with Gasteiger partial charge in [-0.1, -0.05) is 24.3 Å². The van der Waals surface area contributed by atoms with Crippen LogP contribution in [-0.4, -0.2) is 47.0 Å². The monoisotopic (exact) mass is 368 g/mol. The number of ether oxygens (including phenoxy) is 1. The first-order valence-electron chi connectivity index (χ1n) is 9.53. The van der Waals surface area contributed by atoms with Crippen LogP contribution in [0.3, 0.4) is 0 Å². The average Bonchev–Trinajstić information content (AvgIpc) is 3.05. The molecule has 4 bridgehead atoms. The maximum Gasteiger partial charge on any atom is 0.320 e. The van der Waals surface area contributed by atoms with Gasteiger partial charge in [0.1, 0.15) is 24.0 Å². The Balaban J connectivity index is 1.78. The van der Waals surface area contributed by atoms with Gasteiger partial charge in [-0.05, 0) is 24.1 Å². The van der Waals surface area contributed by atoms with Crippen LogP contribution in [0.1, 0.15) is 30.6 Å². The van der Waals surface area contributed by atoms with E-state index in [1.807, 2.05) is 31.2 Å². The molecule has 2 aromatic rings. The van der Waals surface area contributed by atoms with Crippen molar-refractivity contribution >= 4 is 16.9 Å². The van der Waals surface area contributed by atoms with Crippen LogP contribution >= 0.6 is 0 Å². The second-order valence-corrected chi connectivity index (χ2v) is 8.15. The standard InChI is InChI=1S/C21H24N2O4/c1-3-12-10-23(26)17-9-15(12)21(11-24,20(25)27-2)18(23)8-14-13-6-4-5-7-16(13)22-19(14)17/h3-7,15,17-18,22,24H,8-11H2,1-2H3. The summed E-state index contributed by atoms with van der Waals surface area (Å²) in [6, 6.07) is 7.29. The van der Waals surface area contributed by atoms with Crippen LogP contribution < -0.4 is 0 Å². The highest BCUT2D eigenvalue weighted by atomic mass is 16.6. The summed E-state index contributed by atoms with van der Waals surface area (Å²) < 4.78 is 4.66. The highest BCUT2D eigenvalue weighted by Gasteiger charge is 2.70. The molecular weight excluding hydrogens is 344 g/mol. The number of aromatic amines is 1. The first-order valence-corrected chi connectivity index (χ1v) is 9.53. The summed E-state index contributed by atoms with van der Waals surface area (Å²) in [6.45, 7) is 1.93. The Bertz CT molecular complexity index is 980. The van der Waals surface area contributed by atoms with E-state index in [0.717, 1.165) is 27.7 Å². The van der Waals surface area contributed by atoms with Crippen LogP contribution in [0.15, 0.2) is 35.9 Å². The molecule has 0 amide bonds. The van der Waals surface area contributed by atoms with E-state index < -0.39 is 22.1 Å². The van der Waals surface area contributed by atoms with Gasteiger partial charge in [-0.3, -0.25) is 4.79 Å². The van der Waals surface area contributed by atoms with Crippen LogP contribution in [0.2, 0.25) is 0 Å². The number of aromatic nitrogens is 1. The fraction of sp³-hybridized carbons (Fsp3) is 0.476. The van der Waals surface area contributed by atoms with Crippen molar-refractivity contribution in [3.8, 4) is 0 Å². The lowest BCUT2D eigenvalue weighted by Gasteiger charge is -2.69. The Labute approximate surface area is 157 Å². The number of fused-ring (bicyclic) bond motifs is 4.